The van der Waals surface area contributed by atoms with Crippen LogP contribution in [0.1, 0.15) is 5.69 Å². The Morgan fingerprint density at radius 3 is 2.83 bits per heavy atom. The second-order valence-corrected chi connectivity index (χ2v) is 3.75. The van der Waals surface area contributed by atoms with E-state index >= 15 is 0 Å². The molecule has 2 N–H and O–H groups in total. The molecule has 2 heterocycles. The lowest BCUT2D eigenvalue weighted by Crippen LogP contribution is -2.33. The van der Waals surface area contributed by atoms with Crippen LogP contribution in [0.4, 0.5) is 5.82 Å². The van der Waals surface area contributed by atoms with E-state index in [0.29, 0.717) is 5.82 Å². The molecular weight excluding hydrogens is 234 g/mol. The molecule has 7 nitrogen and oxygen atoms in total. The number of H-pyrrole nitrogens is 2. The zero-order valence-corrected chi connectivity index (χ0v) is 10.0. The molecule has 7 heteroatoms. The van der Waals surface area contributed by atoms with Crippen LogP contribution < -0.4 is 16.3 Å². The van der Waals surface area contributed by atoms with Crippen LogP contribution >= 0.6 is 0 Å². The summed E-state index contributed by atoms with van der Waals surface area (Å²) in [6.45, 7) is 0. The molecule has 18 heavy (non-hydrogen) atoms. The van der Waals surface area contributed by atoms with Crippen LogP contribution in [0.3, 0.4) is 0 Å². The van der Waals surface area contributed by atoms with Crippen molar-refractivity contribution in [2.45, 2.75) is 0 Å². The van der Waals surface area contributed by atoms with E-state index in [1.54, 1.807) is 19.5 Å². The maximum atomic E-state index is 11.5. The Balaban J connectivity index is 2.27. The van der Waals surface area contributed by atoms with Crippen LogP contribution in [-0.2, 0) is 7.05 Å². The average molecular weight is 247 g/mol. The van der Waals surface area contributed by atoms with Crippen LogP contribution in [0.2, 0.25) is 0 Å². The molecule has 2 rings (SSSR count). The largest absolute Gasteiger partial charge is 0.360 e. The Labute approximate surface area is 102 Å². The number of anilines is 1. The lowest BCUT2D eigenvalue weighted by Gasteiger charge is -2.11. The fraction of sp³-hybridized carbons (Fsp3) is 0.182. The first-order chi connectivity index (χ1) is 8.58. The number of hydrazone groups is 1. The van der Waals surface area contributed by atoms with Crippen LogP contribution in [0, 0.1) is 0 Å². The maximum Gasteiger partial charge on any atom is 0.329 e. The first kappa shape index (κ1) is 11.9. The molecule has 0 aliphatic carbocycles. The lowest BCUT2D eigenvalue weighted by atomic mass is 10.5. The van der Waals surface area contributed by atoms with Gasteiger partial charge in [-0.25, -0.2) is 4.79 Å². The summed E-state index contributed by atoms with van der Waals surface area (Å²) >= 11 is 0. The zero-order chi connectivity index (χ0) is 13.1. The number of hydrogen-bond donors (Lipinski definition) is 2. The van der Waals surface area contributed by atoms with Gasteiger partial charge >= 0.3 is 5.69 Å². The quantitative estimate of drug-likeness (QED) is 0.585. The molecule has 0 bridgehead atoms. The van der Waals surface area contributed by atoms with Crippen molar-refractivity contribution in [3.63, 3.8) is 0 Å². The summed E-state index contributed by atoms with van der Waals surface area (Å²) in [5.41, 5.74) is -0.0249. The second kappa shape index (κ2) is 4.74. The predicted octanol–water partition coefficient (Wildman–Crippen LogP) is -0.128. The van der Waals surface area contributed by atoms with Crippen molar-refractivity contribution in [3.05, 3.63) is 50.9 Å². The van der Waals surface area contributed by atoms with Crippen molar-refractivity contribution in [3.8, 4) is 0 Å². The highest BCUT2D eigenvalue weighted by atomic mass is 16.2. The Morgan fingerprint density at radius 1 is 1.44 bits per heavy atom. The molecule has 0 unspecified atom stereocenters. The van der Waals surface area contributed by atoms with Crippen LogP contribution in [0.5, 0.6) is 0 Å². The normalized spacial score (nSPS) is 11.0. The van der Waals surface area contributed by atoms with Crippen LogP contribution in [0.15, 0.2) is 39.1 Å². The molecule has 0 fully saturated rings. The monoisotopic (exact) mass is 247 g/mol. The second-order valence-electron chi connectivity index (χ2n) is 3.75. The Hall–Kier alpha value is -2.57. The van der Waals surface area contributed by atoms with E-state index in [1.165, 1.54) is 18.1 Å². The van der Waals surface area contributed by atoms with Crippen molar-refractivity contribution in [2.24, 2.45) is 12.1 Å². The fourth-order valence-electron chi connectivity index (χ4n) is 1.35. The van der Waals surface area contributed by atoms with Gasteiger partial charge in [0.25, 0.3) is 5.56 Å². The summed E-state index contributed by atoms with van der Waals surface area (Å²) in [5, 5.41) is 5.53. The van der Waals surface area contributed by atoms with Crippen molar-refractivity contribution in [2.75, 3.05) is 12.1 Å². The van der Waals surface area contributed by atoms with E-state index in [-0.39, 0.29) is 5.56 Å². The summed E-state index contributed by atoms with van der Waals surface area (Å²) in [6.07, 6.45) is 3.37. The Morgan fingerprint density at radius 2 is 2.22 bits per heavy atom. The van der Waals surface area contributed by atoms with Gasteiger partial charge in [-0.05, 0) is 12.1 Å². The molecule has 0 aliphatic rings. The summed E-state index contributed by atoms with van der Waals surface area (Å²) < 4.78 is 0.992. The van der Waals surface area contributed by atoms with Gasteiger partial charge in [0, 0.05) is 26.4 Å². The van der Waals surface area contributed by atoms with Gasteiger partial charge in [-0.1, -0.05) is 0 Å². The third kappa shape index (κ3) is 2.40. The third-order valence-electron chi connectivity index (χ3n) is 2.47. The molecule has 2 aromatic rings. The van der Waals surface area contributed by atoms with Crippen LogP contribution in [-0.4, -0.2) is 27.8 Å². The zero-order valence-electron chi connectivity index (χ0n) is 10.0. The number of nitrogens with zero attached hydrogens (tertiary/aromatic N) is 3. The molecule has 0 radical (unpaired) electrons. The molecule has 0 spiro atoms. The highest BCUT2D eigenvalue weighted by Gasteiger charge is 2.03. The lowest BCUT2D eigenvalue weighted by molar-refractivity contribution is 0.766. The summed E-state index contributed by atoms with van der Waals surface area (Å²) in [7, 11) is 3.05. The Kier molecular flexibility index (Phi) is 3.13. The average Bonchev–Trinajstić information content (AvgIpc) is 2.85. The third-order valence-corrected chi connectivity index (χ3v) is 2.47. The van der Waals surface area contributed by atoms with Gasteiger partial charge in [-0.2, -0.15) is 5.10 Å². The Bertz CT molecular complexity index is 634. The highest BCUT2D eigenvalue weighted by Crippen LogP contribution is 2.02. The van der Waals surface area contributed by atoms with Gasteiger partial charge in [0.15, 0.2) is 0 Å². The van der Waals surface area contributed by atoms with E-state index in [1.807, 2.05) is 12.1 Å². The van der Waals surface area contributed by atoms with E-state index < -0.39 is 5.69 Å². The van der Waals surface area contributed by atoms with Gasteiger partial charge in [0.1, 0.15) is 5.82 Å². The standard InChI is InChI=1S/C11H13N5O2/c1-15-10(17)6-9(14-11(15)18)16(2)13-7-8-4-3-5-12-8/h3-7,12H,1-2H3,(H,14,18). The summed E-state index contributed by atoms with van der Waals surface area (Å²) in [5.74, 6) is 0.339. The minimum atomic E-state index is -0.473. The topological polar surface area (TPSA) is 86.2 Å². The highest BCUT2D eigenvalue weighted by molar-refractivity contribution is 5.77. The van der Waals surface area contributed by atoms with Crippen molar-refractivity contribution >= 4 is 12.0 Å². The van der Waals surface area contributed by atoms with Crippen LogP contribution in [0.25, 0.3) is 0 Å². The summed E-state index contributed by atoms with van der Waals surface area (Å²) in [6, 6.07) is 5.01. The van der Waals surface area contributed by atoms with Crippen molar-refractivity contribution in [1.29, 1.82) is 0 Å². The number of nitrogens with one attached hydrogen (secondary N) is 2. The molecule has 2 aromatic heterocycles. The minimum absolute atomic E-state index is 0.339. The van der Waals surface area contributed by atoms with Crippen molar-refractivity contribution < 1.29 is 0 Å². The van der Waals surface area contributed by atoms with Crippen molar-refractivity contribution in [1.82, 2.24) is 14.5 Å². The molecular formula is C11H13N5O2. The predicted molar refractivity (Wildman–Crippen MR) is 69.1 cm³/mol. The van der Waals surface area contributed by atoms with E-state index in [4.69, 9.17) is 0 Å². The number of aromatic nitrogens is 3. The smallest absolute Gasteiger partial charge is 0.329 e. The fourth-order valence-corrected chi connectivity index (χ4v) is 1.35. The number of aromatic amines is 2. The number of rotatable bonds is 3. The molecule has 0 aromatic carbocycles. The minimum Gasteiger partial charge on any atom is -0.360 e. The van der Waals surface area contributed by atoms with Gasteiger partial charge in [-0.15, -0.1) is 0 Å². The molecule has 0 saturated carbocycles. The first-order valence-electron chi connectivity index (χ1n) is 5.29. The van der Waals surface area contributed by atoms with E-state index in [2.05, 4.69) is 15.1 Å². The number of hydrogen-bond acceptors (Lipinski definition) is 4. The molecule has 94 valence electrons. The van der Waals surface area contributed by atoms with E-state index in [9.17, 15) is 9.59 Å². The van der Waals surface area contributed by atoms with E-state index in [0.717, 1.165) is 10.3 Å². The summed E-state index contributed by atoms with van der Waals surface area (Å²) in [4.78, 5) is 28.4. The molecule has 0 aliphatic heterocycles. The molecule has 0 saturated heterocycles. The van der Waals surface area contributed by atoms with Gasteiger partial charge in [-0.3, -0.25) is 19.4 Å². The maximum absolute atomic E-state index is 11.5. The van der Waals surface area contributed by atoms with Gasteiger partial charge < -0.3 is 4.98 Å². The van der Waals surface area contributed by atoms with Gasteiger partial charge in [0.05, 0.1) is 11.9 Å². The molecule has 0 atom stereocenters. The van der Waals surface area contributed by atoms with Gasteiger partial charge in [0.2, 0.25) is 0 Å². The molecule has 0 amide bonds. The first-order valence-corrected chi connectivity index (χ1v) is 5.29. The SMILES string of the molecule is CN(N=Cc1ccc[nH]1)c1cc(=O)n(C)c(=O)[nH]1.